The maximum absolute atomic E-state index is 0. The summed E-state index contributed by atoms with van der Waals surface area (Å²) < 4.78 is 0. The minimum Gasteiger partial charge on any atom is -1.00 e. The standard InChI is InChI=1S/2ClH.6H2O.Tb/h2*1H;6*1H2;/p-2. The second-order valence-electron chi connectivity index (χ2n) is 0. The van der Waals surface area contributed by atoms with E-state index in [4.69, 9.17) is 0 Å². The second kappa shape index (κ2) is 271. The third-order valence-corrected chi connectivity index (χ3v) is 0. The van der Waals surface area contributed by atoms with Gasteiger partial charge in [0.05, 0.1) is 0 Å². The van der Waals surface area contributed by atoms with Crippen LogP contribution in [0.1, 0.15) is 0 Å². The molecule has 0 saturated carbocycles. The van der Waals surface area contributed by atoms with Crippen LogP contribution in [0.4, 0.5) is 0 Å². The van der Waals surface area contributed by atoms with E-state index in [1.165, 1.54) is 0 Å². The number of hydrogen-bond donors (Lipinski definition) is 0. The maximum atomic E-state index is 0. The molecule has 0 unspecified atom stereocenters. The summed E-state index contributed by atoms with van der Waals surface area (Å²) >= 11 is 0. The summed E-state index contributed by atoms with van der Waals surface area (Å²) in [5, 5.41) is 0. The van der Waals surface area contributed by atoms with Gasteiger partial charge in [0.25, 0.3) is 0 Å². The summed E-state index contributed by atoms with van der Waals surface area (Å²) in [5.74, 6) is 0. The van der Waals surface area contributed by atoms with Gasteiger partial charge in [-0.05, 0) is 0 Å². The quantitative estimate of drug-likeness (QED) is 0.406. The number of halogens is 2. The first-order valence-electron chi connectivity index (χ1n) is 0. The third-order valence-electron chi connectivity index (χ3n) is 0. The van der Waals surface area contributed by atoms with Crippen LogP contribution in [0.15, 0.2) is 0 Å². The van der Waals surface area contributed by atoms with Crippen molar-refractivity contribution in [1.29, 1.82) is 0 Å². The number of hydrogen-bond acceptors (Lipinski definition) is 0. The molecule has 0 bridgehead atoms. The Bertz CT molecular complexity index is 11.0. The molecule has 0 aromatic carbocycles. The van der Waals surface area contributed by atoms with Gasteiger partial charge < -0.3 is 57.7 Å². The third kappa shape index (κ3) is 212. The molecule has 0 fully saturated rings. The smallest absolute Gasteiger partial charge is 0 e. The van der Waals surface area contributed by atoms with Gasteiger partial charge in [-0.15, -0.1) is 0 Å². The van der Waals surface area contributed by atoms with Crippen molar-refractivity contribution in [3.05, 3.63) is 0 Å². The Balaban J connectivity index is 0. The van der Waals surface area contributed by atoms with Crippen LogP contribution in [0, 0.1) is 38.6 Å². The van der Waals surface area contributed by atoms with Crippen LogP contribution >= 0.6 is 0 Å². The maximum Gasteiger partial charge on any atom is 0 e. The summed E-state index contributed by atoms with van der Waals surface area (Å²) in [4.78, 5) is 0. The molecule has 0 aromatic rings. The summed E-state index contributed by atoms with van der Waals surface area (Å²) in [6, 6.07) is 0. The fourth-order valence-electron chi connectivity index (χ4n) is 0. The normalized spacial score (nSPS) is 0. The largest absolute Gasteiger partial charge is 1.00 e. The van der Waals surface area contributed by atoms with Crippen molar-refractivity contribution in [2.45, 2.75) is 0 Å². The molecule has 1 radical (unpaired) electrons. The molecule has 0 atom stereocenters. The topological polar surface area (TPSA) is 189 Å². The molecule has 0 aromatic heterocycles. The van der Waals surface area contributed by atoms with E-state index < -0.39 is 0 Å². The molecule has 0 aliphatic carbocycles. The fourth-order valence-corrected chi connectivity index (χ4v) is 0. The van der Waals surface area contributed by atoms with Crippen molar-refractivity contribution in [2.75, 3.05) is 0 Å². The van der Waals surface area contributed by atoms with Crippen molar-refractivity contribution in [3.8, 4) is 0 Å². The first kappa shape index (κ1) is 373. The summed E-state index contributed by atoms with van der Waals surface area (Å²) in [6.07, 6.45) is 0. The van der Waals surface area contributed by atoms with Crippen LogP contribution in [-0.2, 0) is 0 Å². The summed E-state index contributed by atoms with van der Waals surface area (Å²) in [7, 11) is 0. The van der Waals surface area contributed by atoms with Gasteiger partial charge in [0.15, 0.2) is 0 Å². The number of rotatable bonds is 0. The summed E-state index contributed by atoms with van der Waals surface area (Å²) in [5.41, 5.74) is 0. The van der Waals surface area contributed by atoms with E-state index in [9.17, 15) is 0 Å². The van der Waals surface area contributed by atoms with Crippen LogP contribution < -0.4 is 24.8 Å². The minimum atomic E-state index is 0. The molecular formula is H12Cl2O6Tb-2. The van der Waals surface area contributed by atoms with Crippen LogP contribution in [0.25, 0.3) is 0 Å². The zero-order chi connectivity index (χ0) is 0. The molecule has 6 nitrogen and oxygen atoms in total. The van der Waals surface area contributed by atoms with E-state index in [2.05, 4.69) is 0 Å². The van der Waals surface area contributed by atoms with Crippen molar-refractivity contribution in [2.24, 2.45) is 0 Å². The van der Waals surface area contributed by atoms with Gasteiger partial charge in [-0.2, -0.15) is 0 Å². The average molecular weight is 338 g/mol. The zero-order valence-corrected chi connectivity index (χ0v) is 7.74. The molecule has 0 aliphatic heterocycles. The first-order chi connectivity index (χ1) is 0. The Kier molecular flexibility index (Phi) is 11200. The predicted octanol–water partition coefficient (Wildman–Crippen LogP) is -10.9. The monoisotopic (exact) mass is 337 g/mol. The van der Waals surface area contributed by atoms with Crippen LogP contribution in [0.2, 0.25) is 0 Å². The molecule has 73 valence electrons. The van der Waals surface area contributed by atoms with E-state index in [-0.39, 0.29) is 96.3 Å². The molecule has 0 rings (SSSR count). The fraction of sp³-hybridized carbons (Fsp3) is 0. The Morgan fingerprint density at radius 1 is 0.333 bits per heavy atom. The molecule has 0 saturated heterocycles. The summed E-state index contributed by atoms with van der Waals surface area (Å²) in [6.45, 7) is 0. The van der Waals surface area contributed by atoms with Crippen LogP contribution in [-0.4, -0.2) is 32.9 Å². The molecule has 0 heterocycles. The SMILES string of the molecule is O.O.O.O.O.O.[Cl-].[Cl-].[Tb]. The Morgan fingerprint density at radius 3 is 0.333 bits per heavy atom. The van der Waals surface area contributed by atoms with E-state index in [1.807, 2.05) is 0 Å². The molecular weight excluding hydrogens is 326 g/mol. The zero-order valence-electron chi connectivity index (χ0n) is 4.09. The van der Waals surface area contributed by atoms with Gasteiger partial charge in [-0.3, -0.25) is 0 Å². The van der Waals surface area contributed by atoms with Gasteiger partial charge in [0.1, 0.15) is 0 Å². The van der Waals surface area contributed by atoms with E-state index in [0.29, 0.717) is 0 Å². The average Bonchev–Trinajstić information content (AvgIpc) is 0. The van der Waals surface area contributed by atoms with Gasteiger partial charge >= 0.3 is 0 Å². The van der Waals surface area contributed by atoms with Gasteiger partial charge in [0, 0.05) is 38.6 Å². The molecule has 9 heavy (non-hydrogen) atoms. The molecule has 0 aliphatic rings. The van der Waals surface area contributed by atoms with Crippen molar-refractivity contribution in [1.82, 2.24) is 0 Å². The molecule has 0 amide bonds. The first-order valence-corrected chi connectivity index (χ1v) is 0. The van der Waals surface area contributed by atoms with E-state index in [1.54, 1.807) is 0 Å². The van der Waals surface area contributed by atoms with Crippen LogP contribution in [0.3, 0.4) is 0 Å². The van der Waals surface area contributed by atoms with Crippen LogP contribution in [0.5, 0.6) is 0 Å². The van der Waals surface area contributed by atoms with Gasteiger partial charge in [-0.25, -0.2) is 0 Å². The molecule has 9 heteroatoms. The minimum absolute atomic E-state index is 0. The second-order valence-corrected chi connectivity index (χ2v) is 0. The van der Waals surface area contributed by atoms with Crippen molar-refractivity contribution in [3.63, 3.8) is 0 Å². The molecule has 0 spiro atoms. The van der Waals surface area contributed by atoms with E-state index >= 15 is 0 Å². The Hall–Kier alpha value is 1.63. The van der Waals surface area contributed by atoms with Crippen molar-refractivity contribution < 1.29 is 96.3 Å². The van der Waals surface area contributed by atoms with Gasteiger partial charge in [0.2, 0.25) is 0 Å². The molecule has 12 N–H and O–H groups in total. The Morgan fingerprint density at radius 2 is 0.333 bits per heavy atom. The Labute approximate surface area is 95.5 Å². The van der Waals surface area contributed by atoms with E-state index in [0.717, 1.165) is 0 Å². The van der Waals surface area contributed by atoms with Crippen molar-refractivity contribution >= 4 is 0 Å². The van der Waals surface area contributed by atoms with Gasteiger partial charge in [-0.1, -0.05) is 0 Å². The predicted molar refractivity (Wildman–Crippen MR) is 21.7 cm³/mol.